The van der Waals surface area contributed by atoms with Gasteiger partial charge in [0, 0.05) is 11.4 Å². The van der Waals surface area contributed by atoms with Crippen molar-refractivity contribution in [3.63, 3.8) is 0 Å². The standard InChI is InChI=1S/C26H29NO6/c1-6-14-33-22-13-8-18(16-23(22)32-7-2)15-21-24(26(29)31-5)17(3)27(25(21)28)19-9-11-20(30-4)12-10-19/h8-13,15-16H,6-7,14H2,1-5H3. The molecule has 2 aromatic carbocycles. The van der Waals surface area contributed by atoms with Gasteiger partial charge in [-0.25, -0.2) is 4.79 Å². The zero-order valence-electron chi connectivity index (χ0n) is 19.6. The summed E-state index contributed by atoms with van der Waals surface area (Å²) in [5.41, 5.74) is 2.30. The Kier molecular flexibility index (Phi) is 7.77. The number of ether oxygens (including phenoxy) is 4. The molecule has 0 aliphatic carbocycles. The molecule has 1 aliphatic rings. The number of methoxy groups -OCH3 is 2. The highest BCUT2D eigenvalue weighted by Crippen LogP contribution is 2.37. The Balaban J connectivity index is 2.05. The van der Waals surface area contributed by atoms with Crippen LogP contribution in [0.1, 0.15) is 32.8 Å². The van der Waals surface area contributed by atoms with Gasteiger partial charge >= 0.3 is 5.97 Å². The fraction of sp³-hybridized carbons (Fsp3) is 0.308. The number of hydrogen-bond acceptors (Lipinski definition) is 6. The molecule has 0 atom stereocenters. The van der Waals surface area contributed by atoms with Crippen molar-refractivity contribution >= 4 is 23.6 Å². The summed E-state index contributed by atoms with van der Waals surface area (Å²) in [4.78, 5) is 27.6. The highest BCUT2D eigenvalue weighted by Gasteiger charge is 2.38. The van der Waals surface area contributed by atoms with Crippen LogP contribution in [0.4, 0.5) is 5.69 Å². The van der Waals surface area contributed by atoms with Crippen LogP contribution in [0.2, 0.25) is 0 Å². The number of carbonyl (C=O) groups excluding carboxylic acids is 2. The molecule has 0 saturated carbocycles. The lowest BCUT2D eigenvalue weighted by Gasteiger charge is -2.18. The van der Waals surface area contributed by atoms with Crippen LogP contribution in [0.5, 0.6) is 17.2 Å². The lowest BCUT2D eigenvalue weighted by atomic mass is 10.0. The summed E-state index contributed by atoms with van der Waals surface area (Å²) >= 11 is 0. The highest BCUT2D eigenvalue weighted by atomic mass is 16.5. The van der Waals surface area contributed by atoms with E-state index < -0.39 is 5.97 Å². The van der Waals surface area contributed by atoms with Crippen molar-refractivity contribution in [1.29, 1.82) is 0 Å². The summed E-state index contributed by atoms with van der Waals surface area (Å²) in [5, 5.41) is 0. The van der Waals surface area contributed by atoms with Crippen LogP contribution >= 0.6 is 0 Å². The average Bonchev–Trinajstić information content (AvgIpc) is 3.07. The van der Waals surface area contributed by atoms with Gasteiger partial charge in [-0.3, -0.25) is 9.69 Å². The number of amides is 1. The molecule has 0 spiro atoms. The van der Waals surface area contributed by atoms with Crippen LogP contribution in [-0.2, 0) is 14.3 Å². The number of anilines is 1. The number of rotatable bonds is 9. The predicted octanol–water partition coefficient (Wildman–Crippen LogP) is 4.76. The molecule has 0 bridgehead atoms. The molecule has 7 nitrogen and oxygen atoms in total. The molecule has 0 fully saturated rings. The smallest absolute Gasteiger partial charge is 0.340 e. The van der Waals surface area contributed by atoms with Gasteiger partial charge in [-0.15, -0.1) is 0 Å². The van der Waals surface area contributed by atoms with Gasteiger partial charge in [0.05, 0.1) is 38.6 Å². The first-order valence-electron chi connectivity index (χ1n) is 10.8. The maximum Gasteiger partial charge on any atom is 0.340 e. The van der Waals surface area contributed by atoms with E-state index in [4.69, 9.17) is 18.9 Å². The second-order valence-corrected chi connectivity index (χ2v) is 7.34. The summed E-state index contributed by atoms with van der Waals surface area (Å²) in [6, 6.07) is 12.5. The maximum absolute atomic E-state index is 13.4. The van der Waals surface area contributed by atoms with Crippen LogP contribution in [0.3, 0.4) is 0 Å². The molecule has 1 aliphatic heterocycles. The molecular weight excluding hydrogens is 422 g/mol. The van der Waals surface area contributed by atoms with Crippen LogP contribution in [0, 0.1) is 0 Å². The Morgan fingerprint density at radius 1 is 1.00 bits per heavy atom. The van der Waals surface area contributed by atoms with Crippen molar-refractivity contribution in [2.75, 3.05) is 32.3 Å². The minimum Gasteiger partial charge on any atom is -0.497 e. The zero-order valence-corrected chi connectivity index (χ0v) is 19.6. The fourth-order valence-corrected chi connectivity index (χ4v) is 3.60. The molecule has 174 valence electrons. The van der Waals surface area contributed by atoms with Crippen molar-refractivity contribution in [2.24, 2.45) is 0 Å². The van der Waals surface area contributed by atoms with Crippen LogP contribution < -0.4 is 19.1 Å². The van der Waals surface area contributed by atoms with Crippen LogP contribution in [-0.4, -0.2) is 39.3 Å². The van der Waals surface area contributed by atoms with Gasteiger partial charge in [-0.1, -0.05) is 13.0 Å². The Labute approximate surface area is 194 Å². The summed E-state index contributed by atoms with van der Waals surface area (Å²) in [6.45, 7) is 6.69. The first kappa shape index (κ1) is 23.9. The molecule has 33 heavy (non-hydrogen) atoms. The lowest BCUT2D eigenvalue weighted by molar-refractivity contribution is -0.136. The third kappa shape index (κ3) is 5.03. The van der Waals surface area contributed by atoms with E-state index in [9.17, 15) is 9.59 Å². The van der Waals surface area contributed by atoms with E-state index in [0.29, 0.717) is 47.4 Å². The fourth-order valence-electron chi connectivity index (χ4n) is 3.60. The second kappa shape index (κ2) is 10.7. The molecule has 1 amide bonds. The van der Waals surface area contributed by atoms with E-state index in [0.717, 1.165) is 6.42 Å². The Bertz CT molecular complexity index is 1080. The lowest BCUT2D eigenvalue weighted by Crippen LogP contribution is -2.24. The molecular formula is C26H29NO6. The van der Waals surface area contributed by atoms with Crippen LogP contribution in [0.25, 0.3) is 6.08 Å². The molecule has 3 rings (SSSR count). The van der Waals surface area contributed by atoms with Gasteiger partial charge < -0.3 is 18.9 Å². The Morgan fingerprint density at radius 3 is 2.33 bits per heavy atom. The van der Waals surface area contributed by atoms with Crippen molar-refractivity contribution < 1.29 is 28.5 Å². The molecule has 0 aromatic heterocycles. The average molecular weight is 452 g/mol. The van der Waals surface area contributed by atoms with E-state index in [1.54, 1.807) is 50.4 Å². The quantitative estimate of drug-likeness (QED) is 0.404. The SMILES string of the molecule is CCCOc1ccc(C=C2C(=O)N(c3ccc(OC)cc3)C(C)=C2C(=O)OC)cc1OCC. The maximum atomic E-state index is 13.4. The number of benzene rings is 2. The summed E-state index contributed by atoms with van der Waals surface area (Å²) in [7, 11) is 2.88. The van der Waals surface area contributed by atoms with Crippen molar-refractivity contribution in [1.82, 2.24) is 0 Å². The molecule has 0 N–H and O–H groups in total. The summed E-state index contributed by atoms with van der Waals surface area (Å²) in [6.07, 6.45) is 2.55. The topological polar surface area (TPSA) is 74.3 Å². The van der Waals surface area contributed by atoms with Gasteiger partial charge in [0.25, 0.3) is 5.91 Å². The third-order valence-corrected chi connectivity index (χ3v) is 5.16. The Hall–Kier alpha value is -3.74. The summed E-state index contributed by atoms with van der Waals surface area (Å²) in [5.74, 6) is 1.000. The predicted molar refractivity (Wildman–Crippen MR) is 127 cm³/mol. The Morgan fingerprint density at radius 2 is 1.73 bits per heavy atom. The number of nitrogens with zero attached hydrogens (tertiary/aromatic N) is 1. The van der Waals surface area contributed by atoms with Gasteiger partial charge in [0.15, 0.2) is 11.5 Å². The molecule has 0 saturated heterocycles. The van der Waals surface area contributed by atoms with E-state index >= 15 is 0 Å². The van der Waals surface area contributed by atoms with E-state index in [-0.39, 0.29) is 17.1 Å². The van der Waals surface area contributed by atoms with Gasteiger partial charge in [0.1, 0.15) is 5.75 Å². The van der Waals surface area contributed by atoms with E-state index in [1.165, 1.54) is 12.0 Å². The van der Waals surface area contributed by atoms with E-state index in [2.05, 4.69) is 0 Å². The molecule has 1 heterocycles. The first-order chi connectivity index (χ1) is 15.9. The molecule has 2 aromatic rings. The van der Waals surface area contributed by atoms with Crippen molar-refractivity contribution in [2.45, 2.75) is 27.2 Å². The number of allylic oxidation sites excluding steroid dienone is 1. The number of carbonyl (C=O) groups is 2. The minimum absolute atomic E-state index is 0.225. The monoisotopic (exact) mass is 451 g/mol. The van der Waals surface area contributed by atoms with Gasteiger partial charge in [-0.2, -0.15) is 0 Å². The highest BCUT2D eigenvalue weighted by molar-refractivity contribution is 6.23. The second-order valence-electron chi connectivity index (χ2n) is 7.34. The number of esters is 1. The van der Waals surface area contributed by atoms with Crippen LogP contribution in [0.15, 0.2) is 59.3 Å². The van der Waals surface area contributed by atoms with Crippen molar-refractivity contribution in [3.05, 3.63) is 64.9 Å². The van der Waals surface area contributed by atoms with E-state index in [1.807, 2.05) is 26.0 Å². The largest absolute Gasteiger partial charge is 0.497 e. The zero-order chi connectivity index (χ0) is 24.0. The third-order valence-electron chi connectivity index (χ3n) is 5.16. The molecule has 0 unspecified atom stereocenters. The normalized spacial score (nSPS) is 14.6. The molecule has 0 radical (unpaired) electrons. The van der Waals surface area contributed by atoms with Gasteiger partial charge in [0.2, 0.25) is 0 Å². The summed E-state index contributed by atoms with van der Waals surface area (Å²) < 4.78 is 21.7. The first-order valence-corrected chi connectivity index (χ1v) is 10.8. The molecule has 7 heteroatoms. The van der Waals surface area contributed by atoms with Crippen molar-refractivity contribution in [3.8, 4) is 17.2 Å². The minimum atomic E-state index is -0.573. The number of hydrogen-bond donors (Lipinski definition) is 0. The van der Waals surface area contributed by atoms with Gasteiger partial charge in [-0.05, 0) is 68.3 Å².